The molecule has 1 aliphatic rings. The number of nitrogens with two attached hydrogens (primary N) is 1. The van der Waals surface area contributed by atoms with Crippen LogP contribution in [0.5, 0.6) is 0 Å². The smallest absolute Gasteiger partial charge is 0.0933 e. The number of ether oxygens (including phenoxy) is 1. The molecule has 0 aliphatic carbocycles. The molecule has 2 rings (SSSR count). The average Bonchev–Trinajstić information content (AvgIpc) is 2.47. The van der Waals surface area contributed by atoms with Crippen molar-refractivity contribution in [1.29, 1.82) is 0 Å². The Hall–Kier alpha value is -0.650. The fourth-order valence-corrected chi connectivity index (χ4v) is 2.95. The molecule has 1 fully saturated rings. The van der Waals surface area contributed by atoms with Gasteiger partial charge in [-0.2, -0.15) is 0 Å². The summed E-state index contributed by atoms with van der Waals surface area (Å²) >= 11 is 6.11. The van der Waals surface area contributed by atoms with E-state index in [-0.39, 0.29) is 24.8 Å². The summed E-state index contributed by atoms with van der Waals surface area (Å²) in [5, 5.41) is 10.0. The fourth-order valence-electron chi connectivity index (χ4n) is 2.75. The van der Waals surface area contributed by atoms with Crippen molar-refractivity contribution >= 4 is 11.6 Å². The van der Waals surface area contributed by atoms with Crippen LogP contribution in [0.1, 0.15) is 24.9 Å². The monoisotopic (exact) mass is 298 g/mol. The van der Waals surface area contributed by atoms with Crippen LogP contribution in [0.2, 0.25) is 5.02 Å². The molecule has 1 aromatic carbocycles. The molecule has 3 N–H and O–H groups in total. The second kappa shape index (κ2) is 7.38. The van der Waals surface area contributed by atoms with E-state index in [2.05, 4.69) is 17.9 Å². The van der Waals surface area contributed by atoms with Gasteiger partial charge in [-0.1, -0.05) is 30.7 Å². The zero-order chi connectivity index (χ0) is 14.5. The second-order valence-electron chi connectivity index (χ2n) is 5.24. The van der Waals surface area contributed by atoms with Crippen LogP contribution in [-0.4, -0.2) is 48.5 Å². The summed E-state index contributed by atoms with van der Waals surface area (Å²) in [7, 11) is 0. The van der Waals surface area contributed by atoms with Crippen LogP contribution in [0, 0.1) is 0 Å². The highest BCUT2D eigenvalue weighted by atomic mass is 35.5. The Morgan fingerprint density at radius 1 is 1.55 bits per heavy atom. The Bertz CT molecular complexity index is 430. The minimum absolute atomic E-state index is 0.0332. The molecule has 1 aliphatic heterocycles. The Morgan fingerprint density at radius 3 is 3.00 bits per heavy atom. The number of nitrogens with zero attached hydrogens (tertiary/aromatic N) is 1. The molecule has 112 valence electrons. The quantitative estimate of drug-likeness (QED) is 0.870. The highest BCUT2D eigenvalue weighted by molar-refractivity contribution is 6.30. The van der Waals surface area contributed by atoms with Crippen LogP contribution in [0.3, 0.4) is 0 Å². The predicted molar refractivity (Wildman–Crippen MR) is 80.9 cm³/mol. The number of benzene rings is 1. The van der Waals surface area contributed by atoms with Crippen LogP contribution in [-0.2, 0) is 4.74 Å². The van der Waals surface area contributed by atoms with Gasteiger partial charge in [0, 0.05) is 24.2 Å². The van der Waals surface area contributed by atoms with E-state index in [1.165, 1.54) is 0 Å². The highest BCUT2D eigenvalue weighted by Crippen LogP contribution is 2.28. The summed E-state index contributed by atoms with van der Waals surface area (Å²) in [4.78, 5) is 2.30. The third-order valence-corrected chi connectivity index (χ3v) is 4.07. The molecule has 4 nitrogen and oxygen atoms in total. The van der Waals surface area contributed by atoms with Crippen LogP contribution >= 0.6 is 11.6 Å². The predicted octanol–water partition coefficient (Wildman–Crippen LogP) is 1.81. The molecule has 3 unspecified atom stereocenters. The maximum atomic E-state index is 9.30. The zero-order valence-electron chi connectivity index (χ0n) is 11.8. The SMILES string of the molecule is CCC(N)C(c1cccc(Cl)c1)N1CCOC(CO)C1. The molecule has 1 saturated heterocycles. The molecular weight excluding hydrogens is 276 g/mol. The normalized spacial score (nSPS) is 23.5. The molecule has 5 heteroatoms. The molecule has 20 heavy (non-hydrogen) atoms. The number of morpholine rings is 1. The lowest BCUT2D eigenvalue weighted by molar-refractivity contribution is -0.0682. The minimum atomic E-state index is -0.130. The Morgan fingerprint density at radius 2 is 2.35 bits per heavy atom. The highest BCUT2D eigenvalue weighted by Gasteiger charge is 2.30. The lowest BCUT2D eigenvalue weighted by Crippen LogP contribution is -2.50. The van der Waals surface area contributed by atoms with Gasteiger partial charge in [0.1, 0.15) is 0 Å². The van der Waals surface area contributed by atoms with Gasteiger partial charge >= 0.3 is 0 Å². The first-order valence-corrected chi connectivity index (χ1v) is 7.51. The third-order valence-electron chi connectivity index (χ3n) is 3.83. The fraction of sp³-hybridized carbons (Fsp3) is 0.600. The molecule has 0 amide bonds. The molecule has 1 aromatic rings. The van der Waals surface area contributed by atoms with Gasteiger partial charge in [-0.3, -0.25) is 4.90 Å². The lowest BCUT2D eigenvalue weighted by atomic mass is 9.95. The van der Waals surface area contributed by atoms with Crippen molar-refractivity contribution in [3.8, 4) is 0 Å². The van der Waals surface area contributed by atoms with E-state index in [4.69, 9.17) is 22.1 Å². The Labute approximate surface area is 125 Å². The Kier molecular flexibility index (Phi) is 5.81. The van der Waals surface area contributed by atoms with Crippen molar-refractivity contribution < 1.29 is 9.84 Å². The standard InChI is InChI=1S/C15H23ClN2O2/c1-2-14(17)15(11-4-3-5-12(16)8-11)18-6-7-20-13(9-18)10-19/h3-5,8,13-15,19H,2,6-7,9-10,17H2,1H3. The van der Waals surface area contributed by atoms with Gasteiger partial charge in [0.25, 0.3) is 0 Å². The first-order chi connectivity index (χ1) is 9.65. The van der Waals surface area contributed by atoms with Crippen molar-refractivity contribution in [3.63, 3.8) is 0 Å². The second-order valence-corrected chi connectivity index (χ2v) is 5.68. The topological polar surface area (TPSA) is 58.7 Å². The number of aliphatic hydroxyl groups is 1. The van der Waals surface area contributed by atoms with Crippen LogP contribution in [0.15, 0.2) is 24.3 Å². The van der Waals surface area contributed by atoms with Crippen molar-refractivity contribution in [3.05, 3.63) is 34.9 Å². The van der Waals surface area contributed by atoms with Gasteiger partial charge in [0.2, 0.25) is 0 Å². The summed E-state index contributed by atoms with van der Waals surface area (Å²) in [5.41, 5.74) is 7.46. The first kappa shape index (κ1) is 15.7. The van der Waals surface area contributed by atoms with E-state index in [0.29, 0.717) is 13.2 Å². The number of aliphatic hydroxyl groups excluding tert-OH is 1. The summed E-state index contributed by atoms with van der Waals surface area (Å²) in [6.07, 6.45) is 0.757. The summed E-state index contributed by atoms with van der Waals surface area (Å²) in [6, 6.07) is 8.01. The van der Waals surface area contributed by atoms with Gasteiger partial charge in [0.05, 0.1) is 25.4 Å². The van der Waals surface area contributed by atoms with Gasteiger partial charge in [0.15, 0.2) is 0 Å². The van der Waals surface area contributed by atoms with Crippen molar-refractivity contribution in [2.24, 2.45) is 5.73 Å². The Balaban J connectivity index is 2.23. The molecule has 1 heterocycles. The van der Waals surface area contributed by atoms with E-state index in [0.717, 1.165) is 23.6 Å². The number of halogens is 1. The molecule has 0 saturated carbocycles. The summed E-state index contributed by atoms with van der Waals surface area (Å²) in [5.74, 6) is 0. The van der Waals surface area contributed by atoms with Gasteiger partial charge in [-0.25, -0.2) is 0 Å². The maximum absolute atomic E-state index is 9.30. The van der Waals surface area contributed by atoms with E-state index < -0.39 is 0 Å². The largest absolute Gasteiger partial charge is 0.394 e. The molecule has 0 aromatic heterocycles. The van der Waals surface area contributed by atoms with E-state index in [1.54, 1.807) is 0 Å². The summed E-state index contributed by atoms with van der Waals surface area (Å²) < 4.78 is 5.52. The first-order valence-electron chi connectivity index (χ1n) is 7.13. The molecule has 0 bridgehead atoms. The number of hydrogen-bond donors (Lipinski definition) is 2. The van der Waals surface area contributed by atoms with Crippen molar-refractivity contribution in [1.82, 2.24) is 4.90 Å². The van der Waals surface area contributed by atoms with E-state index in [9.17, 15) is 5.11 Å². The lowest BCUT2D eigenvalue weighted by Gasteiger charge is -2.40. The van der Waals surface area contributed by atoms with E-state index >= 15 is 0 Å². The maximum Gasteiger partial charge on any atom is 0.0933 e. The molecule has 3 atom stereocenters. The minimum Gasteiger partial charge on any atom is -0.394 e. The molecule has 0 radical (unpaired) electrons. The van der Waals surface area contributed by atoms with Gasteiger partial charge in [-0.15, -0.1) is 0 Å². The third kappa shape index (κ3) is 3.71. The molecule has 0 spiro atoms. The van der Waals surface area contributed by atoms with Crippen LogP contribution in [0.25, 0.3) is 0 Å². The number of hydrogen-bond acceptors (Lipinski definition) is 4. The molecular formula is C15H23ClN2O2. The zero-order valence-corrected chi connectivity index (χ0v) is 12.6. The van der Waals surface area contributed by atoms with E-state index in [1.807, 2.05) is 18.2 Å². The van der Waals surface area contributed by atoms with Crippen molar-refractivity contribution in [2.45, 2.75) is 31.5 Å². The van der Waals surface area contributed by atoms with Crippen LogP contribution < -0.4 is 5.73 Å². The summed E-state index contributed by atoms with van der Waals surface area (Å²) in [6.45, 7) is 4.27. The van der Waals surface area contributed by atoms with Crippen molar-refractivity contribution in [2.75, 3.05) is 26.3 Å². The van der Waals surface area contributed by atoms with Gasteiger partial charge in [-0.05, 0) is 24.1 Å². The average molecular weight is 299 g/mol. The van der Waals surface area contributed by atoms with Gasteiger partial charge < -0.3 is 15.6 Å². The van der Waals surface area contributed by atoms with Crippen LogP contribution in [0.4, 0.5) is 0 Å². The number of rotatable bonds is 5.